The van der Waals surface area contributed by atoms with Gasteiger partial charge >= 0.3 is 5.97 Å². The molecule has 0 spiro atoms. The van der Waals surface area contributed by atoms with Crippen LogP contribution >= 0.6 is 0 Å². The van der Waals surface area contributed by atoms with Gasteiger partial charge in [0.1, 0.15) is 0 Å². The second-order valence-electron chi connectivity index (χ2n) is 5.87. The van der Waals surface area contributed by atoms with Crippen LogP contribution in [0.15, 0.2) is 36.4 Å². The highest BCUT2D eigenvalue weighted by Crippen LogP contribution is 2.28. The quantitative estimate of drug-likeness (QED) is 0.802. The lowest BCUT2D eigenvalue weighted by atomic mass is 10.1. The van der Waals surface area contributed by atoms with Crippen molar-refractivity contribution in [2.75, 3.05) is 6.54 Å². The fourth-order valence-corrected chi connectivity index (χ4v) is 2.35. The summed E-state index contributed by atoms with van der Waals surface area (Å²) < 4.78 is 0. The fourth-order valence-electron chi connectivity index (χ4n) is 2.35. The number of aliphatic carboxylic acids is 1. The minimum Gasteiger partial charge on any atom is -0.481 e. The number of carboxylic acid groups (broad SMARTS) is 1. The number of carboxylic acids is 1. The molecule has 0 saturated heterocycles. The highest BCUT2D eigenvalue weighted by molar-refractivity contribution is 5.78. The second-order valence-corrected chi connectivity index (χ2v) is 5.87. The number of benzene rings is 1. The molecule has 1 amide bonds. The molecule has 1 aliphatic rings. The van der Waals surface area contributed by atoms with E-state index in [2.05, 4.69) is 0 Å². The lowest BCUT2D eigenvalue weighted by Crippen LogP contribution is -2.38. The molecule has 0 aliphatic heterocycles. The molecule has 1 saturated carbocycles. The van der Waals surface area contributed by atoms with Crippen molar-refractivity contribution >= 4 is 18.0 Å². The Morgan fingerprint density at radius 3 is 2.59 bits per heavy atom. The number of hydrogen-bond donors (Lipinski definition) is 1. The maximum Gasteiger partial charge on any atom is 0.308 e. The summed E-state index contributed by atoms with van der Waals surface area (Å²) in [4.78, 5) is 25.0. The van der Waals surface area contributed by atoms with Crippen molar-refractivity contribution in [3.63, 3.8) is 0 Å². The molecule has 22 heavy (non-hydrogen) atoms. The average Bonchev–Trinajstić information content (AvgIpc) is 3.34. The van der Waals surface area contributed by atoms with E-state index < -0.39 is 11.9 Å². The van der Waals surface area contributed by atoms with Crippen LogP contribution in [0.5, 0.6) is 0 Å². The summed E-state index contributed by atoms with van der Waals surface area (Å²) in [5, 5.41) is 9.01. The van der Waals surface area contributed by atoms with Crippen molar-refractivity contribution in [1.82, 2.24) is 4.90 Å². The monoisotopic (exact) mass is 301 g/mol. The third kappa shape index (κ3) is 5.02. The molecular weight excluding hydrogens is 278 g/mol. The maximum atomic E-state index is 12.3. The molecule has 1 aliphatic carbocycles. The van der Waals surface area contributed by atoms with Crippen LogP contribution in [0.2, 0.25) is 0 Å². The molecule has 1 aromatic carbocycles. The van der Waals surface area contributed by atoms with Crippen LogP contribution in [0.3, 0.4) is 0 Å². The maximum absolute atomic E-state index is 12.3. The number of rotatable bonds is 8. The van der Waals surface area contributed by atoms with Gasteiger partial charge in [-0.1, -0.05) is 49.4 Å². The van der Waals surface area contributed by atoms with Gasteiger partial charge in [0.05, 0.1) is 5.92 Å². The first-order valence-electron chi connectivity index (χ1n) is 7.82. The first kappa shape index (κ1) is 16.3. The summed E-state index contributed by atoms with van der Waals surface area (Å²) in [5.74, 6) is -1.29. The molecule has 4 nitrogen and oxygen atoms in total. The van der Waals surface area contributed by atoms with Crippen LogP contribution in [0.1, 0.15) is 38.2 Å². The summed E-state index contributed by atoms with van der Waals surface area (Å²) in [7, 11) is 0. The highest BCUT2D eigenvalue weighted by atomic mass is 16.4. The Bertz CT molecular complexity index is 535. The van der Waals surface area contributed by atoms with E-state index in [0.29, 0.717) is 19.4 Å². The number of amides is 1. The fraction of sp³-hybridized carbons (Fsp3) is 0.444. The number of allylic oxidation sites excluding steroid dienone is 1. The van der Waals surface area contributed by atoms with E-state index in [1.165, 1.54) is 0 Å². The van der Waals surface area contributed by atoms with Crippen LogP contribution < -0.4 is 0 Å². The van der Waals surface area contributed by atoms with Gasteiger partial charge in [-0.3, -0.25) is 9.59 Å². The van der Waals surface area contributed by atoms with E-state index in [-0.39, 0.29) is 11.9 Å². The number of nitrogens with zero attached hydrogens (tertiary/aromatic N) is 1. The van der Waals surface area contributed by atoms with Gasteiger partial charge in [-0.25, -0.2) is 0 Å². The second kappa shape index (κ2) is 7.78. The third-order valence-corrected chi connectivity index (χ3v) is 3.83. The topological polar surface area (TPSA) is 57.6 Å². The van der Waals surface area contributed by atoms with Crippen molar-refractivity contribution in [2.24, 2.45) is 5.92 Å². The lowest BCUT2D eigenvalue weighted by Gasteiger charge is -2.24. The van der Waals surface area contributed by atoms with E-state index >= 15 is 0 Å². The van der Waals surface area contributed by atoms with E-state index in [1.54, 1.807) is 11.8 Å². The van der Waals surface area contributed by atoms with E-state index in [9.17, 15) is 9.59 Å². The predicted molar refractivity (Wildman–Crippen MR) is 86.2 cm³/mol. The van der Waals surface area contributed by atoms with Gasteiger partial charge in [-0.05, 0) is 24.8 Å². The number of hydrogen-bond acceptors (Lipinski definition) is 2. The molecule has 2 rings (SSSR count). The molecular formula is C18H23NO3. The Balaban J connectivity index is 1.81. The smallest absolute Gasteiger partial charge is 0.308 e. The highest BCUT2D eigenvalue weighted by Gasteiger charge is 2.33. The Kier molecular flexibility index (Phi) is 5.75. The molecule has 1 N–H and O–H groups in total. The minimum atomic E-state index is -0.845. The number of carbonyl (C=O) groups excluding carboxylic acids is 1. The van der Waals surface area contributed by atoms with E-state index in [1.807, 2.05) is 42.5 Å². The molecule has 118 valence electrons. The lowest BCUT2D eigenvalue weighted by molar-refractivity contribution is -0.143. The van der Waals surface area contributed by atoms with Crippen LogP contribution in [-0.2, 0) is 9.59 Å². The first-order valence-corrected chi connectivity index (χ1v) is 7.82. The van der Waals surface area contributed by atoms with Gasteiger partial charge in [-0.15, -0.1) is 0 Å². The molecule has 1 aromatic rings. The molecule has 0 aromatic heterocycles. The zero-order valence-electron chi connectivity index (χ0n) is 12.9. The molecule has 4 heteroatoms. The molecule has 1 unspecified atom stereocenters. The van der Waals surface area contributed by atoms with Gasteiger partial charge in [-0.2, -0.15) is 0 Å². The Morgan fingerprint density at radius 1 is 1.32 bits per heavy atom. The molecule has 0 bridgehead atoms. The largest absolute Gasteiger partial charge is 0.481 e. The molecule has 1 atom stereocenters. The SMILES string of the molecule is CC(CN(C(=O)CC/C=C/c1ccccc1)C1CC1)C(=O)O. The van der Waals surface area contributed by atoms with Crippen molar-refractivity contribution in [1.29, 1.82) is 0 Å². The van der Waals surface area contributed by atoms with Crippen molar-refractivity contribution < 1.29 is 14.7 Å². The average molecular weight is 301 g/mol. The van der Waals surface area contributed by atoms with Crippen molar-refractivity contribution in [3.8, 4) is 0 Å². The number of carbonyl (C=O) groups is 2. The van der Waals surface area contributed by atoms with Gasteiger partial charge in [0, 0.05) is 19.0 Å². The Hall–Kier alpha value is -2.10. The van der Waals surface area contributed by atoms with Crippen LogP contribution in [0.25, 0.3) is 6.08 Å². The third-order valence-electron chi connectivity index (χ3n) is 3.83. The summed E-state index contributed by atoms with van der Waals surface area (Å²) in [6, 6.07) is 10.2. The molecule has 0 heterocycles. The van der Waals surface area contributed by atoms with Gasteiger partial charge < -0.3 is 10.0 Å². The van der Waals surface area contributed by atoms with Crippen LogP contribution in [0, 0.1) is 5.92 Å². The summed E-state index contributed by atoms with van der Waals surface area (Å²) >= 11 is 0. The predicted octanol–water partition coefficient (Wildman–Crippen LogP) is 3.19. The summed E-state index contributed by atoms with van der Waals surface area (Å²) in [6.45, 7) is 1.97. The summed E-state index contributed by atoms with van der Waals surface area (Å²) in [5.41, 5.74) is 1.12. The van der Waals surface area contributed by atoms with Gasteiger partial charge in [0.25, 0.3) is 0 Å². The van der Waals surface area contributed by atoms with Crippen molar-refractivity contribution in [3.05, 3.63) is 42.0 Å². The van der Waals surface area contributed by atoms with E-state index in [4.69, 9.17) is 5.11 Å². The van der Waals surface area contributed by atoms with E-state index in [0.717, 1.165) is 18.4 Å². The minimum absolute atomic E-state index is 0.0633. The van der Waals surface area contributed by atoms with Crippen molar-refractivity contribution in [2.45, 2.75) is 38.6 Å². The zero-order valence-corrected chi connectivity index (χ0v) is 12.9. The normalized spacial score (nSPS) is 15.7. The first-order chi connectivity index (χ1) is 10.6. The van der Waals surface area contributed by atoms with Crippen LogP contribution in [0.4, 0.5) is 0 Å². The van der Waals surface area contributed by atoms with Gasteiger partial charge in [0.15, 0.2) is 0 Å². The standard InChI is InChI=1S/C18H23NO3/c1-14(18(21)22)13-19(16-11-12-16)17(20)10-6-5-9-15-7-3-2-4-8-15/h2-5,7-9,14,16H,6,10-13H2,1H3,(H,21,22)/b9-5+. The van der Waals surface area contributed by atoms with Crippen LogP contribution in [-0.4, -0.2) is 34.5 Å². The summed E-state index contributed by atoms with van der Waals surface area (Å²) in [6.07, 6.45) is 7.12. The Labute approximate surface area is 131 Å². The molecule has 0 radical (unpaired) electrons. The zero-order chi connectivity index (χ0) is 15.9. The molecule has 1 fully saturated rings. The van der Waals surface area contributed by atoms with Gasteiger partial charge in [0.2, 0.25) is 5.91 Å². The Morgan fingerprint density at radius 2 is 2.00 bits per heavy atom.